The molecule has 1 N–H and O–H groups in total. The molecule has 1 aromatic heterocycles. The van der Waals surface area contributed by atoms with Crippen molar-refractivity contribution >= 4 is 17.6 Å². The first-order valence-electron chi connectivity index (χ1n) is 7.90. The average molecular weight is 341 g/mol. The summed E-state index contributed by atoms with van der Waals surface area (Å²) in [7, 11) is 3.18. The normalized spacial score (nSPS) is 16.1. The minimum atomic E-state index is -0.254. The van der Waals surface area contributed by atoms with E-state index >= 15 is 0 Å². The van der Waals surface area contributed by atoms with Crippen molar-refractivity contribution in [3.05, 3.63) is 41.2 Å². The van der Waals surface area contributed by atoms with Gasteiger partial charge in [0, 0.05) is 31.5 Å². The van der Waals surface area contributed by atoms with Crippen LogP contribution in [0.25, 0.3) is 0 Å². The van der Waals surface area contributed by atoms with Crippen LogP contribution in [0.3, 0.4) is 0 Å². The van der Waals surface area contributed by atoms with Gasteiger partial charge in [-0.1, -0.05) is 6.07 Å². The number of hydrogen-bond donors (Lipinski definition) is 1. The van der Waals surface area contributed by atoms with Gasteiger partial charge in [-0.05, 0) is 18.1 Å². The second-order valence-corrected chi connectivity index (χ2v) is 5.87. The Labute approximate surface area is 145 Å². The van der Waals surface area contributed by atoms with E-state index in [1.807, 2.05) is 12.1 Å². The molecule has 2 aromatic rings. The van der Waals surface area contributed by atoms with Crippen LogP contribution in [-0.4, -0.2) is 35.9 Å². The standard InChI is InChI=1S/C18H19N3O4/c1-10(22)20-18-19-9-14-15(21-18)6-11(7-16(14)23)13-5-4-12(24-2)8-17(13)25-3/h4-5,8-9,11H,6-7H2,1-3H3,(H,19,20,21,22). The Balaban J connectivity index is 1.95. The number of ether oxygens (including phenoxy) is 2. The summed E-state index contributed by atoms with van der Waals surface area (Å²) < 4.78 is 10.7. The molecule has 130 valence electrons. The molecular formula is C18H19N3O4. The molecular weight excluding hydrogens is 322 g/mol. The molecule has 0 saturated heterocycles. The van der Waals surface area contributed by atoms with E-state index in [1.54, 1.807) is 20.3 Å². The molecule has 1 atom stereocenters. The van der Waals surface area contributed by atoms with Gasteiger partial charge in [0.15, 0.2) is 5.78 Å². The Morgan fingerprint density at radius 2 is 2.04 bits per heavy atom. The highest BCUT2D eigenvalue weighted by Gasteiger charge is 2.30. The molecule has 1 heterocycles. The molecule has 0 radical (unpaired) electrons. The summed E-state index contributed by atoms with van der Waals surface area (Å²) in [5.74, 6) is 1.26. The second-order valence-electron chi connectivity index (χ2n) is 5.87. The van der Waals surface area contributed by atoms with Crippen molar-refractivity contribution in [2.45, 2.75) is 25.7 Å². The quantitative estimate of drug-likeness (QED) is 0.918. The van der Waals surface area contributed by atoms with E-state index in [1.165, 1.54) is 13.1 Å². The number of anilines is 1. The van der Waals surface area contributed by atoms with E-state index in [9.17, 15) is 9.59 Å². The number of hydrogen-bond acceptors (Lipinski definition) is 6. The third-order valence-electron chi connectivity index (χ3n) is 4.21. The van der Waals surface area contributed by atoms with Crippen molar-refractivity contribution in [2.75, 3.05) is 19.5 Å². The monoisotopic (exact) mass is 341 g/mol. The van der Waals surface area contributed by atoms with Crippen molar-refractivity contribution in [3.8, 4) is 11.5 Å². The van der Waals surface area contributed by atoms with E-state index < -0.39 is 0 Å². The number of carbonyl (C=O) groups excluding carboxylic acids is 2. The summed E-state index contributed by atoms with van der Waals surface area (Å²) in [6, 6.07) is 5.56. The second kappa shape index (κ2) is 6.88. The van der Waals surface area contributed by atoms with Crippen LogP contribution in [0.1, 0.15) is 40.9 Å². The number of rotatable bonds is 4. The number of Topliss-reactive ketones (excluding diaryl/α,β-unsaturated/α-hetero) is 1. The number of ketones is 1. The third kappa shape index (κ3) is 3.45. The fourth-order valence-corrected chi connectivity index (χ4v) is 3.04. The number of amides is 1. The molecule has 1 aliphatic carbocycles. The SMILES string of the molecule is COc1ccc(C2CC(=O)c3cnc(NC(C)=O)nc3C2)c(OC)c1. The van der Waals surface area contributed by atoms with Gasteiger partial charge < -0.3 is 9.47 Å². The smallest absolute Gasteiger partial charge is 0.229 e. The molecule has 1 aromatic carbocycles. The van der Waals surface area contributed by atoms with Crippen molar-refractivity contribution < 1.29 is 19.1 Å². The van der Waals surface area contributed by atoms with Crippen molar-refractivity contribution in [2.24, 2.45) is 0 Å². The predicted molar refractivity (Wildman–Crippen MR) is 91.3 cm³/mol. The van der Waals surface area contributed by atoms with Crippen LogP contribution in [-0.2, 0) is 11.2 Å². The Morgan fingerprint density at radius 3 is 2.72 bits per heavy atom. The largest absolute Gasteiger partial charge is 0.497 e. The molecule has 7 nitrogen and oxygen atoms in total. The van der Waals surface area contributed by atoms with Gasteiger partial charge in [-0.3, -0.25) is 14.9 Å². The fraction of sp³-hybridized carbons (Fsp3) is 0.333. The zero-order chi connectivity index (χ0) is 18.0. The van der Waals surface area contributed by atoms with Gasteiger partial charge in [0.2, 0.25) is 11.9 Å². The zero-order valence-corrected chi connectivity index (χ0v) is 14.3. The van der Waals surface area contributed by atoms with Crippen LogP contribution in [0.2, 0.25) is 0 Å². The lowest BCUT2D eigenvalue weighted by Gasteiger charge is -2.25. The van der Waals surface area contributed by atoms with Crippen molar-refractivity contribution in [1.29, 1.82) is 0 Å². The van der Waals surface area contributed by atoms with E-state index in [-0.39, 0.29) is 23.6 Å². The highest BCUT2D eigenvalue weighted by molar-refractivity contribution is 5.98. The zero-order valence-electron chi connectivity index (χ0n) is 14.3. The minimum absolute atomic E-state index is 0.0153. The lowest BCUT2D eigenvalue weighted by molar-refractivity contribution is -0.114. The summed E-state index contributed by atoms with van der Waals surface area (Å²) in [5.41, 5.74) is 2.08. The lowest BCUT2D eigenvalue weighted by Crippen LogP contribution is -2.22. The number of nitrogens with zero attached hydrogens (tertiary/aromatic N) is 2. The Hall–Kier alpha value is -2.96. The van der Waals surface area contributed by atoms with Gasteiger partial charge in [0.1, 0.15) is 11.5 Å². The van der Waals surface area contributed by atoms with Gasteiger partial charge >= 0.3 is 0 Å². The van der Waals surface area contributed by atoms with Gasteiger partial charge in [0.05, 0.1) is 25.5 Å². The Kier molecular flexibility index (Phi) is 4.65. The molecule has 25 heavy (non-hydrogen) atoms. The number of benzene rings is 1. The maximum Gasteiger partial charge on any atom is 0.229 e. The molecule has 0 spiro atoms. The predicted octanol–water partition coefficient (Wildman–Crippen LogP) is 2.36. The number of aromatic nitrogens is 2. The number of fused-ring (bicyclic) bond motifs is 1. The molecule has 1 amide bonds. The van der Waals surface area contributed by atoms with Crippen LogP contribution >= 0.6 is 0 Å². The van der Waals surface area contributed by atoms with Gasteiger partial charge in [-0.25, -0.2) is 9.97 Å². The molecule has 0 bridgehead atoms. The third-order valence-corrected chi connectivity index (χ3v) is 4.21. The molecule has 7 heteroatoms. The van der Waals surface area contributed by atoms with Crippen molar-refractivity contribution in [1.82, 2.24) is 9.97 Å². The van der Waals surface area contributed by atoms with E-state index in [0.29, 0.717) is 35.6 Å². The van der Waals surface area contributed by atoms with E-state index in [4.69, 9.17) is 9.47 Å². The summed E-state index contributed by atoms with van der Waals surface area (Å²) in [5, 5.41) is 2.55. The molecule has 0 fully saturated rings. The van der Waals surface area contributed by atoms with Crippen LogP contribution in [0.4, 0.5) is 5.95 Å². The van der Waals surface area contributed by atoms with E-state index in [0.717, 1.165) is 5.56 Å². The van der Waals surface area contributed by atoms with Crippen LogP contribution in [0.15, 0.2) is 24.4 Å². The number of nitrogens with one attached hydrogen (secondary N) is 1. The summed E-state index contributed by atoms with van der Waals surface area (Å²) in [6.07, 6.45) is 2.41. The highest BCUT2D eigenvalue weighted by atomic mass is 16.5. The van der Waals surface area contributed by atoms with Gasteiger partial charge in [0.25, 0.3) is 0 Å². The van der Waals surface area contributed by atoms with Gasteiger partial charge in [-0.15, -0.1) is 0 Å². The molecule has 0 saturated carbocycles. The van der Waals surface area contributed by atoms with Crippen LogP contribution in [0.5, 0.6) is 11.5 Å². The molecule has 3 rings (SSSR count). The van der Waals surface area contributed by atoms with Crippen LogP contribution in [0, 0.1) is 0 Å². The Morgan fingerprint density at radius 1 is 1.24 bits per heavy atom. The maximum atomic E-state index is 12.5. The summed E-state index contributed by atoms with van der Waals surface area (Å²) in [6.45, 7) is 1.39. The first-order chi connectivity index (χ1) is 12.0. The molecule has 1 aliphatic rings. The summed E-state index contributed by atoms with van der Waals surface area (Å²) in [4.78, 5) is 32.1. The Bertz CT molecular complexity index is 835. The maximum absolute atomic E-state index is 12.5. The first-order valence-corrected chi connectivity index (χ1v) is 7.90. The number of methoxy groups -OCH3 is 2. The van der Waals surface area contributed by atoms with E-state index in [2.05, 4.69) is 15.3 Å². The topological polar surface area (TPSA) is 90.4 Å². The minimum Gasteiger partial charge on any atom is -0.497 e. The molecule has 1 unspecified atom stereocenters. The number of carbonyl (C=O) groups is 2. The molecule has 0 aliphatic heterocycles. The first kappa shape index (κ1) is 16.9. The van der Waals surface area contributed by atoms with Crippen molar-refractivity contribution in [3.63, 3.8) is 0 Å². The fourth-order valence-electron chi connectivity index (χ4n) is 3.04. The summed E-state index contributed by atoms with van der Waals surface area (Å²) >= 11 is 0. The average Bonchev–Trinajstić information content (AvgIpc) is 2.60. The van der Waals surface area contributed by atoms with Crippen LogP contribution < -0.4 is 14.8 Å². The van der Waals surface area contributed by atoms with Gasteiger partial charge in [-0.2, -0.15) is 0 Å². The highest BCUT2D eigenvalue weighted by Crippen LogP contribution is 2.38. The lowest BCUT2D eigenvalue weighted by atomic mass is 9.82.